The zero-order chi connectivity index (χ0) is 21.5. The van der Waals surface area contributed by atoms with Gasteiger partial charge in [-0.3, -0.25) is 4.79 Å². The van der Waals surface area contributed by atoms with E-state index in [2.05, 4.69) is 11.0 Å². The smallest absolute Gasteiger partial charge is 0.307 e. The van der Waals surface area contributed by atoms with E-state index in [1.165, 1.54) is 32.1 Å². The average Bonchev–Trinajstić information content (AvgIpc) is 3.18. The number of carbonyl (C=O) groups is 1. The number of fused-ring (bicyclic) bond motifs is 2. The van der Waals surface area contributed by atoms with Crippen LogP contribution in [0.2, 0.25) is 5.02 Å². The van der Waals surface area contributed by atoms with Crippen LogP contribution in [0.15, 0.2) is 30.3 Å². The Labute approximate surface area is 191 Å². The van der Waals surface area contributed by atoms with E-state index in [0.29, 0.717) is 5.02 Å². The summed E-state index contributed by atoms with van der Waals surface area (Å²) in [6, 6.07) is 9.75. The zero-order valence-corrected chi connectivity index (χ0v) is 19.3. The first kappa shape index (κ1) is 20.8. The second kappa shape index (κ2) is 8.44. The second-order valence-electron chi connectivity index (χ2n) is 9.01. The average molecular weight is 455 g/mol. The van der Waals surface area contributed by atoms with E-state index < -0.39 is 5.97 Å². The van der Waals surface area contributed by atoms with Gasteiger partial charge in [-0.15, -0.1) is 0 Å². The van der Waals surface area contributed by atoms with Gasteiger partial charge in [-0.1, -0.05) is 54.3 Å². The Kier molecular flexibility index (Phi) is 5.65. The van der Waals surface area contributed by atoms with E-state index in [1.54, 1.807) is 11.3 Å². The number of thiazole rings is 1. The number of hydrogen-bond donors (Lipinski definition) is 1. The Balaban J connectivity index is 1.59. The molecule has 0 radical (unpaired) electrons. The lowest BCUT2D eigenvalue weighted by Crippen LogP contribution is -2.41. The summed E-state index contributed by atoms with van der Waals surface area (Å²) >= 11 is 7.83. The standard InChI is InChI=1S/C25H27ClN2O2S/c1-15-12-21-24(23(20(15)13-22(29)30)17-6-8-19(26)9-7-17)31-25(27-21)28-11-10-16-4-2-3-5-18(16)14-28/h6-9,12,16,18H,2-5,10-11,13-14H2,1H3,(H,29,30)/t16-,18+/m0/s1. The molecule has 1 aromatic heterocycles. The molecule has 6 heteroatoms. The Hall–Kier alpha value is -2.11. The van der Waals surface area contributed by atoms with Crippen molar-refractivity contribution in [3.8, 4) is 11.1 Å². The van der Waals surface area contributed by atoms with Crippen molar-refractivity contribution in [2.45, 2.75) is 45.4 Å². The molecule has 2 heterocycles. The maximum atomic E-state index is 11.6. The molecule has 0 bridgehead atoms. The lowest BCUT2D eigenvalue weighted by atomic mass is 9.75. The number of halogens is 1. The van der Waals surface area contributed by atoms with Gasteiger partial charge in [-0.2, -0.15) is 0 Å². The summed E-state index contributed by atoms with van der Waals surface area (Å²) in [4.78, 5) is 19.1. The van der Waals surface area contributed by atoms with Crippen LogP contribution in [0.3, 0.4) is 0 Å². The number of carboxylic acid groups (broad SMARTS) is 1. The molecule has 1 saturated carbocycles. The number of rotatable bonds is 4. The second-order valence-corrected chi connectivity index (χ2v) is 10.4. The van der Waals surface area contributed by atoms with E-state index >= 15 is 0 Å². The molecule has 162 valence electrons. The summed E-state index contributed by atoms with van der Waals surface area (Å²) in [5, 5.41) is 11.3. The van der Waals surface area contributed by atoms with E-state index in [4.69, 9.17) is 16.6 Å². The number of nitrogens with zero attached hydrogens (tertiary/aromatic N) is 2. The van der Waals surface area contributed by atoms with Crippen LogP contribution in [-0.2, 0) is 11.2 Å². The van der Waals surface area contributed by atoms with Gasteiger partial charge in [-0.05, 0) is 66.5 Å². The van der Waals surface area contributed by atoms with Crippen molar-refractivity contribution in [1.82, 2.24) is 4.98 Å². The van der Waals surface area contributed by atoms with Crippen LogP contribution in [0.5, 0.6) is 0 Å². The molecule has 31 heavy (non-hydrogen) atoms. The number of anilines is 1. The van der Waals surface area contributed by atoms with Crippen LogP contribution < -0.4 is 4.90 Å². The molecule has 2 fully saturated rings. The third-order valence-electron chi connectivity index (χ3n) is 7.02. The highest BCUT2D eigenvalue weighted by Crippen LogP contribution is 2.43. The minimum Gasteiger partial charge on any atom is -0.481 e. The molecule has 0 unspecified atom stereocenters. The van der Waals surface area contributed by atoms with Gasteiger partial charge in [0.1, 0.15) is 0 Å². The Morgan fingerprint density at radius 2 is 1.94 bits per heavy atom. The highest BCUT2D eigenvalue weighted by atomic mass is 35.5. The van der Waals surface area contributed by atoms with Crippen molar-refractivity contribution < 1.29 is 9.90 Å². The highest BCUT2D eigenvalue weighted by Gasteiger charge is 2.32. The van der Waals surface area contributed by atoms with E-state index in [0.717, 1.165) is 62.5 Å². The van der Waals surface area contributed by atoms with Crippen LogP contribution in [0, 0.1) is 18.8 Å². The maximum Gasteiger partial charge on any atom is 0.307 e. The molecule has 4 nitrogen and oxygen atoms in total. The van der Waals surface area contributed by atoms with Crippen LogP contribution >= 0.6 is 22.9 Å². The quantitative estimate of drug-likeness (QED) is 0.484. The molecule has 0 spiro atoms. The van der Waals surface area contributed by atoms with Gasteiger partial charge in [0.15, 0.2) is 5.13 Å². The summed E-state index contributed by atoms with van der Waals surface area (Å²) < 4.78 is 1.07. The van der Waals surface area contributed by atoms with E-state index in [-0.39, 0.29) is 6.42 Å². The fourth-order valence-corrected chi connectivity index (χ4v) is 6.73. The molecule has 2 aromatic carbocycles. The highest BCUT2D eigenvalue weighted by molar-refractivity contribution is 7.22. The van der Waals surface area contributed by atoms with Gasteiger partial charge in [0, 0.05) is 23.7 Å². The van der Waals surface area contributed by atoms with Crippen LogP contribution in [0.1, 0.15) is 43.2 Å². The minimum absolute atomic E-state index is 0.000431. The number of piperidine rings is 1. The minimum atomic E-state index is -0.818. The van der Waals surface area contributed by atoms with Crippen molar-refractivity contribution in [3.05, 3.63) is 46.5 Å². The molecule has 1 aliphatic heterocycles. The molecule has 3 aromatic rings. The van der Waals surface area contributed by atoms with Crippen LogP contribution in [0.25, 0.3) is 21.3 Å². The fourth-order valence-electron chi connectivity index (χ4n) is 5.43. The first-order valence-electron chi connectivity index (χ1n) is 11.2. The van der Waals surface area contributed by atoms with Gasteiger partial charge in [-0.25, -0.2) is 4.98 Å². The molecular formula is C25H27ClN2O2S. The van der Waals surface area contributed by atoms with Gasteiger partial charge >= 0.3 is 5.97 Å². The summed E-state index contributed by atoms with van der Waals surface area (Å²) in [7, 11) is 0. The predicted octanol–water partition coefficient (Wildman–Crippen LogP) is 6.57. The Morgan fingerprint density at radius 1 is 1.19 bits per heavy atom. The van der Waals surface area contributed by atoms with Crippen LogP contribution in [-0.4, -0.2) is 29.1 Å². The molecular weight excluding hydrogens is 428 g/mol. The largest absolute Gasteiger partial charge is 0.481 e. The van der Waals surface area contributed by atoms with Gasteiger partial charge in [0.2, 0.25) is 0 Å². The van der Waals surface area contributed by atoms with Crippen LogP contribution in [0.4, 0.5) is 5.13 Å². The number of carboxylic acids is 1. The number of hydrogen-bond acceptors (Lipinski definition) is 4. The lowest BCUT2D eigenvalue weighted by molar-refractivity contribution is -0.136. The molecule has 2 atom stereocenters. The Bertz CT molecular complexity index is 1120. The normalized spacial score (nSPS) is 21.3. The van der Waals surface area contributed by atoms with E-state index in [1.807, 2.05) is 31.2 Å². The summed E-state index contributed by atoms with van der Waals surface area (Å²) in [6.07, 6.45) is 6.72. The molecule has 5 rings (SSSR count). The number of aliphatic carboxylic acids is 1. The zero-order valence-electron chi connectivity index (χ0n) is 17.7. The van der Waals surface area contributed by atoms with Crippen molar-refractivity contribution in [1.29, 1.82) is 0 Å². The first-order chi connectivity index (χ1) is 15.0. The molecule has 2 aliphatic rings. The van der Waals surface area contributed by atoms with Crippen molar-refractivity contribution in [2.75, 3.05) is 18.0 Å². The number of benzene rings is 2. The molecule has 1 aliphatic carbocycles. The lowest BCUT2D eigenvalue weighted by Gasteiger charge is -2.41. The molecule has 1 N–H and O–H groups in total. The Morgan fingerprint density at radius 3 is 2.68 bits per heavy atom. The van der Waals surface area contributed by atoms with Gasteiger partial charge in [0.05, 0.1) is 16.6 Å². The monoisotopic (exact) mass is 454 g/mol. The SMILES string of the molecule is Cc1cc2nc(N3CC[C@@H]4CCCC[C@@H]4C3)sc2c(-c2ccc(Cl)cc2)c1CC(=O)O. The fraction of sp³-hybridized carbons (Fsp3) is 0.440. The predicted molar refractivity (Wildman–Crippen MR) is 128 cm³/mol. The van der Waals surface area contributed by atoms with Gasteiger partial charge < -0.3 is 10.0 Å². The van der Waals surface area contributed by atoms with E-state index in [9.17, 15) is 9.90 Å². The third-order valence-corrected chi connectivity index (χ3v) is 8.42. The van der Waals surface area contributed by atoms with Crippen molar-refractivity contribution in [3.63, 3.8) is 0 Å². The number of aryl methyl sites for hydroxylation is 1. The first-order valence-corrected chi connectivity index (χ1v) is 12.3. The van der Waals surface area contributed by atoms with Crippen molar-refractivity contribution in [2.24, 2.45) is 11.8 Å². The van der Waals surface area contributed by atoms with Crippen molar-refractivity contribution >= 4 is 44.3 Å². The summed E-state index contributed by atoms with van der Waals surface area (Å²) in [5.41, 5.74) is 4.79. The molecule has 0 amide bonds. The summed E-state index contributed by atoms with van der Waals surface area (Å²) in [5.74, 6) is 0.852. The molecule has 1 saturated heterocycles. The topological polar surface area (TPSA) is 53.4 Å². The third kappa shape index (κ3) is 4.06. The maximum absolute atomic E-state index is 11.6. The summed E-state index contributed by atoms with van der Waals surface area (Å²) in [6.45, 7) is 4.16. The van der Waals surface area contributed by atoms with Gasteiger partial charge in [0.25, 0.3) is 0 Å². The number of aromatic nitrogens is 1.